The fourth-order valence-electron chi connectivity index (χ4n) is 3.02. The number of morpholine rings is 1. The molecule has 3 aromatic rings. The summed E-state index contributed by atoms with van der Waals surface area (Å²) in [6, 6.07) is 5.00. The third-order valence-electron chi connectivity index (χ3n) is 4.39. The van der Waals surface area contributed by atoms with Crippen LogP contribution in [0.3, 0.4) is 0 Å². The SMILES string of the molecule is O=C(CSc1ncnc2c1sc1cccc(F)c12)NCCN1CCOCC1. The second kappa shape index (κ2) is 8.47. The number of ether oxygens (including phenoxy) is 1. The van der Waals surface area contributed by atoms with Gasteiger partial charge in [0.25, 0.3) is 0 Å². The number of aromatic nitrogens is 2. The molecule has 142 valence electrons. The predicted molar refractivity (Wildman–Crippen MR) is 106 cm³/mol. The van der Waals surface area contributed by atoms with Crippen molar-refractivity contribution >= 4 is 49.3 Å². The number of thiophene rings is 1. The summed E-state index contributed by atoms with van der Waals surface area (Å²) in [6.07, 6.45) is 1.43. The zero-order valence-electron chi connectivity index (χ0n) is 14.6. The maximum atomic E-state index is 14.2. The van der Waals surface area contributed by atoms with E-state index in [0.29, 0.717) is 22.5 Å². The highest BCUT2D eigenvalue weighted by Gasteiger charge is 2.16. The molecular weight excluding hydrogens is 387 g/mol. The van der Waals surface area contributed by atoms with Crippen LogP contribution in [0.25, 0.3) is 20.3 Å². The molecule has 0 atom stereocenters. The minimum absolute atomic E-state index is 0.0349. The van der Waals surface area contributed by atoms with Crippen LogP contribution in [0.2, 0.25) is 0 Å². The molecule has 0 radical (unpaired) electrons. The van der Waals surface area contributed by atoms with E-state index in [1.165, 1.54) is 35.5 Å². The molecular formula is C18H19FN4O2S2. The number of fused-ring (bicyclic) bond motifs is 3. The maximum absolute atomic E-state index is 14.2. The Bertz CT molecular complexity index is 959. The maximum Gasteiger partial charge on any atom is 0.230 e. The monoisotopic (exact) mass is 406 g/mol. The molecule has 1 aromatic carbocycles. The van der Waals surface area contributed by atoms with Crippen molar-refractivity contribution in [2.75, 3.05) is 45.1 Å². The van der Waals surface area contributed by atoms with E-state index >= 15 is 0 Å². The highest BCUT2D eigenvalue weighted by atomic mass is 32.2. The Balaban J connectivity index is 1.38. The van der Waals surface area contributed by atoms with Crippen LogP contribution in [-0.4, -0.2) is 65.9 Å². The van der Waals surface area contributed by atoms with Gasteiger partial charge in [0.1, 0.15) is 17.2 Å². The molecule has 0 unspecified atom stereocenters. The zero-order valence-corrected chi connectivity index (χ0v) is 16.2. The van der Waals surface area contributed by atoms with Gasteiger partial charge < -0.3 is 10.1 Å². The zero-order chi connectivity index (χ0) is 18.6. The van der Waals surface area contributed by atoms with Crippen molar-refractivity contribution in [3.05, 3.63) is 30.3 Å². The van der Waals surface area contributed by atoms with Crippen LogP contribution in [0.15, 0.2) is 29.6 Å². The van der Waals surface area contributed by atoms with E-state index in [1.807, 2.05) is 6.07 Å². The molecule has 0 bridgehead atoms. The molecule has 1 amide bonds. The Morgan fingerprint density at radius 2 is 2.19 bits per heavy atom. The van der Waals surface area contributed by atoms with Crippen LogP contribution < -0.4 is 5.32 Å². The van der Waals surface area contributed by atoms with Crippen molar-refractivity contribution in [2.45, 2.75) is 5.03 Å². The molecule has 1 N–H and O–H groups in total. The van der Waals surface area contributed by atoms with Crippen molar-refractivity contribution in [3.8, 4) is 0 Å². The lowest BCUT2D eigenvalue weighted by atomic mass is 10.2. The minimum atomic E-state index is -0.283. The van der Waals surface area contributed by atoms with Crippen LogP contribution in [-0.2, 0) is 9.53 Å². The number of rotatable bonds is 6. The van der Waals surface area contributed by atoms with Crippen LogP contribution in [0.4, 0.5) is 4.39 Å². The van der Waals surface area contributed by atoms with Gasteiger partial charge in [-0.05, 0) is 12.1 Å². The van der Waals surface area contributed by atoms with Crippen molar-refractivity contribution in [2.24, 2.45) is 0 Å². The summed E-state index contributed by atoms with van der Waals surface area (Å²) >= 11 is 2.81. The number of nitrogens with zero attached hydrogens (tertiary/aromatic N) is 3. The minimum Gasteiger partial charge on any atom is -0.379 e. The molecule has 2 aromatic heterocycles. The standard InChI is InChI=1S/C18H19FN4O2S2/c19-12-2-1-3-13-15(12)16-17(27-13)18(22-11-21-16)26-10-14(24)20-4-5-23-6-8-25-9-7-23/h1-3,11H,4-10H2,(H,20,24). The molecule has 4 rings (SSSR count). The first kappa shape index (κ1) is 18.5. The first-order chi connectivity index (χ1) is 13.2. The Morgan fingerprint density at radius 3 is 3.04 bits per heavy atom. The molecule has 9 heteroatoms. The molecule has 1 saturated heterocycles. The predicted octanol–water partition coefficient (Wildman–Crippen LogP) is 2.52. The summed E-state index contributed by atoms with van der Waals surface area (Å²) in [4.78, 5) is 23.0. The van der Waals surface area contributed by atoms with Crippen molar-refractivity contribution < 1.29 is 13.9 Å². The molecule has 0 aliphatic carbocycles. The summed E-state index contributed by atoms with van der Waals surface area (Å²) in [7, 11) is 0. The first-order valence-corrected chi connectivity index (χ1v) is 10.5. The fourth-order valence-corrected chi connectivity index (χ4v) is 5.10. The molecule has 1 aliphatic rings. The van der Waals surface area contributed by atoms with Crippen molar-refractivity contribution in [1.29, 1.82) is 0 Å². The van der Waals surface area contributed by atoms with Crippen LogP contribution in [0, 0.1) is 5.82 Å². The summed E-state index contributed by atoms with van der Waals surface area (Å²) < 4.78 is 21.1. The highest BCUT2D eigenvalue weighted by molar-refractivity contribution is 8.00. The van der Waals surface area contributed by atoms with E-state index in [2.05, 4.69) is 20.2 Å². The largest absolute Gasteiger partial charge is 0.379 e. The van der Waals surface area contributed by atoms with Crippen LogP contribution in [0.5, 0.6) is 0 Å². The van der Waals surface area contributed by atoms with E-state index < -0.39 is 0 Å². The van der Waals surface area contributed by atoms with E-state index in [1.54, 1.807) is 6.07 Å². The van der Waals surface area contributed by atoms with Gasteiger partial charge in [0, 0.05) is 30.9 Å². The number of nitrogens with one attached hydrogen (secondary N) is 1. The quantitative estimate of drug-likeness (QED) is 0.501. The Morgan fingerprint density at radius 1 is 1.33 bits per heavy atom. The Labute approximate surface area is 164 Å². The number of halogens is 1. The van der Waals surface area contributed by atoms with Gasteiger partial charge in [0.15, 0.2) is 0 Å². The molecule has 0 spiro atoms. The highest BCUT2D eigenvalue weighted by Crippen LogP contribution is 2.38. The topological polar surface area (TPSA) is 67.4 Å². The summed E-state index contributed by atoms with van der Waals surface area (Å²) in [5.74, 6) is -0.0482. The van der Waals surface area contributed by atoms with Crippen molar-refractivity contribution in [1.82, 2.24) is 20.2 Å². The summed E-state index contributed by atoms with van der Waals surface area (Å²) in [6.45, 7) is 4.77. The normalized spacial score (nSPS) is 15.4. The lowest BCUT2D eigenvalue weighted by molar-refractivity contribution is -0.118. The Kier molecular flexibility index (Phi) is 5.82. The third-order valence-corrected chi connectivity index (χ3v) is 6.66. The second-order valence-electron chi connectivity index (χ2n) is 6.16. The lowest BCUT2D eigenvalue weighted by Crippen LogP contribution is -2.41. The number of benzene rings is 1. The number of hydrogen-bond donors (Lipinski definition) is 1. The fraction of sp³-hybridized carbons (Fsp3) is 0.389. The average Bonchev–Trinajstić information content (AvgIpc) is 3.08. The Hall–Kier alpha value is -1.81. The van der Waals surface area contributed by atoms with Gasteiger partial charge in [-0.1, -0.05) is 17.8 Å². The molecule has 1 fully saturated rings. The van der Waals surface area contributed by atoms with Gasteiger partial charge in [-0.15, -0.1) is 11.3 Å². The molecule has 0 saturated carbocycles. The second-order valence-corrected chi connectivity index (χ2v) is 8.18. The molecule has 27 heavy (non-hydrogen) atoms. The van der Waals surface area contributed by atoms with Gasteiger partial charge in [-0.25, -0.2) is 14.4 Å². The molecule has 6 nitrogen and oxygen atoms in total. The van der Waals surface area contributed by atoms with E-state index in [4.69, 9.17) is 4.74 Å². The number of thioether (sulfide) groups is 1. The lowest BCUT2D eigenvalue weighted by Gasteiger charge is -2.26. The third kappa shape index (κ3) is 4.21. The van der Waals surface area contributed by atoms with Gasteiger partial charge in [-0.2, -0.15) is 0 Å². The van der Waals surface area contributed by atoms with Crippen molar-refractivity contribution in [3.63, 3.8) is 0 Å². The van der Waals surface area contributed by atoms with E-state index in [-0.39, 0.29) is 17.5 Å². The van der Waals surface area contributed by atoms with Crippen LogP contribution in [0.1, 0.15) is 0 Å². The van der Waals surface area contributed by atoms with Gasteiger partial charge in [-0.3, -0.25) is 9.69 Å². The van der Waals surface area contributed by atoms with Gasteiger partial charge >= 0.3 is 0 Å². The molecule has 1 aliphatic heterocycles. The van der Waals surface area contributed by atoms with E-state index in [0.717, 1.165) is 42.2 Å². The molecule has 3 heterocycles. The van der Waals surface area contributed by atoms with E-state index in [9.17, 15) is 9.18 Å². The number of amides is 1. The van der Waals surface area contributed by atoms with Gasteiger partial charge in [0.05, 0.1) is 34.6 Å². The smallest absolute Gasteiger partial charge is 0.230 e. The average molecular weight is 407 g/mol. The van der Waals surface area contributed by atoms with Gasteiger partial charge in [0.2, 0.25) is 5.91 Å². The number of carbonyl (C=O) groups excluding carboxylic acids is 1. The number of carbonyl (C=O) groups is 1. The first-order valence-electron chi connectivity index (χ1n) is 8.73. The summed E-state index contributed by atoms with van der Waals surface area (Å²) in [5, 5.41) is 4.18. The summed E-state index contributed by atoms with van der Waals surface area (Å²) in [5.41, 5.74) is 0.610. The van der Waals surface area contributed by atoms with Crippen LogP contribution >= 0.6 is 23.1 Å². The number of hydrogen-bond acceptors (Lipinski definition) is 7.